The molecule has 2 rings (SSSR count). The highest BCUT2D eigenvalue weighted by Gasteiger charge is 2.22. The van der Waals surface area contributed by atoms with Crippen LogP contribution < -0.4 is 5.32 Å². The van der Waals surface area contributed by atoms with E-state index in [0.717, 1.165) is 12.1 Å². The van der Waals surface area contributed by atoms with E-state index in [1.54, 1.807) is 7.05 Å². The van der Waals surface area contributed by atoms with Crippen LogP contribution in [-0.2, 0) is 4.74 Å². The van der Waals surface area contributed by atoms with Crippen LogP contribution in [0.4, 0.5) is 5.69 Å². The molecule has 14 heavy (non-hydrogen) atoms. The molecule has 0 amide bonds. The third-order valence-corrected chi connectivity index (χ3v) is 2.38. The van der Waals surface area contributed by atoms with E-state index >= 15 is 0 Å². The molecule has 3 nitrogen and oxygen atoms in total. The minimum absolute atomic E-state index is 0.131. The minimum atomic E-state index is 0.131. The number of para-hydroxylation sites is 1. The van der Waals surface area contributed by atoms with Crippen molar-refractivity contribution in [3.63, 3.8) is 0 Å². The van der Waals surface area contributed by atoms with E-state index in [4.69, 9.17) is 4.74 Å². The topological polar surface area (TPSA) is 33.6 Å². The van der Waals surface area contributed by atoms with Gasteiger partial charge in [-0.05, 0) is 12.5 Å². The molecule has 1 aromatic carbocycles. The molecular formula is C11H14N2O. The van der Waals surface area contributed by atoms with Crippen LogP contribution in [0.5, 0.6) is 0 Å². The van der Waals surface area contributed by atoms with Crippen molar-refractivity contribution >= 4 is 11.7 Å². The molecule has 0 aromatic heterocycles. The number of amidine groups is 1. The maximum atomic E-state index is 5.65. The first-order valence-electron chi connectivity index (χ1n) is 4.84. The van der Waals surface area contributed by atoms with Crippen LogP contribution in [0.1, 0.15) is 25.0 Å². The first kappa shape index (κ1) is 9.06. The largest absolute Gasteiger partial charge is 0.457 e. The highest BCUT2D eigenvalue weighted by atomic mass is 16.5. The number of fused-ring (bicyclic) bond motifs is 1. The smallest absolute Gasteiger partial charge is 0.289 e. The second-order valence-electron chi connectivity index (χ2n) is 3.26. The monoisotopic (exact) mass is 190 g/mol. The standard InChI is InChI=1S/C11H14N2O/c1-3-10-8-6-4-5-7-9(8)13-11(12-2)14-10/h4-7,10H,3H2,1-2H3,(H,12,13). The molecule has 1 unspecified atom stereocenters. The number of nitrogens with zero attached hydrogens (tertiary/aromatic N) is 1. The molecule has 1 heterocycles. The van der Waals surface area contributed by atoms with Crippen LogP contribution in [0.3, 0.4) is 0 Å². The molecule has 0 aliphatic carbocycles. The van der Waals surface area contributed by atoms with E-state index in [-0.39, 0.29) is 6.10 Å². The zero-order valence-corrected chi connectivity index (χ0v) is 8.45. The molecule has 3 heteroatoms. The Morgan fingerprint density at radius 1 is 1.43 bits per heavy atom. The normalized spacial score (nSPS) is 22.4. The zero-order chi connectivity index (χ0) is 9.97. The van der Waals surface area contributed by atoms with E-state index in [9.17, 15) is 0 Å². The predicted octanol–water partition coefficient (Wildman–Crippen LogP) is 2.57. The van der Waals surface area contributed by atoms with Gasteiger partial charge in [0.25, 0.3) is 6.02 Å². The summed E-state index contributed by atoms with van der Waals surface area (Å²) < 4.78 is 5.65. The summed E-state index contributed by atoms with van der Waals surface area (Å²) in [5, 5.41) is 3.14. The van der Waals surface area contributed by atoms with E-state index in [0.29, 0.717) is 6.02 Å². The molecule has 0 fully saturated rings. The van der Waals surface area contributed by atoms with Crippen LogP contribution in [0, 0.1) is 0 Å². The lowest BCUT2D eigenvalue weighted by Gasteiger charge is -2.27. The molecule has 1 N–H and O–H groups in total. The van der Waals surface area contributed by atoms with Gasteiger partial charge in [-0.2, -0.15) is 0 Å². The fourth-order valence-electron chi connectivity index (χ4n) is 1.65. The summed E-state index contributed by atoms with van der Waals surface area (Å²) in [7, 11) is 1.73. The van der Waals surface area contributed by atoms with Crippen LogP contribution >= 0.6 is 0 Å². The molecule has 1 atom stereocenters. The van der Waals surface area contributed by atoms with Crippen molar-refractivity contribution in [2.24, 2.45) is 4.99 Å². The third-order valence-electron chi connectivity index (χ3n) is 2.38. The van der Waals surface area contributed by atoms with Gasteiger partial charge in [0.2, 0.25) is 0 Å². The molecular weight excluding hydrogens is 176 g/mol. The summed E-state index contributed by atoms with van der Waals surface area (Å²) in [6.07, 6.45) is 1.09. The SMILES string of the molecule is CCC1OC(=NC)Nc2ccccc21. The van der Waals surface area contributed by atoms with Gasteiger partial charge in [0, 0.05) is 18.3 Å². The Labute approximate surface area is 83.8 Å². The maximum Gasteiger partial charge on any atom is 0.289 e. The van der Waals surface area contributed by atoms with Gasteiger partial charge in [0.1, 0.15) is 6.10 Å². The fourth-order valence-corrected chi connectivity index (χ4v) is 1.65. The molecule has 0 saturated heterocycles. The van der Waals surface area contributed by atoms with Gasteiger partial charge in [-0.3, -0.25) is 0 Å². The van der Waals surface area contributed by atoms with Crippen molar-refractivity contribution in [2.75, 3.05) is 12.4 Å². The van der Waals surface area contributed by atoms with Gasteiger partial charge in [0.15, 0.2) is 0 Å². The fraction of sp³-hybridized carbons (Fsp3) is 0.364. The number of rotatable bonds is 1. The van der Waals surface area contributed by atoms with Crippen LogP contribution in [0.15, 0.2) is 29.3 Å². The number of benzene rings is 1. The van der Waals surface area contributed by atoms with Crippen molar-refractivity contribution in [1.29, 1.82) is 0 Å². The van der Waals surface area contributed by atoms with E-state index in [1.807, 2.05) is 18.2 Å². The van der Waals surface area contributed by atoms with Crippen LogP contribution in [0.2, 0.25) is 0 Å². The Kier molecular flexibility index (Phi) is 2.39. The molecule has 0 saturated carbocycles. The Morgan fingerprint density at radius 2 is 2.21 bits per heavy atom. The van der Waals surface area contributed by atoms with Crippen molar-refractivity contribution in [3.8, 4) is 0 Å². The lowest BCUT2D eigenvalue weighted by Crippen LogP contribution is -2.25. The van der Waals surface area contributed by atoms with Gasteiger partial charge in [0.05, 0.1) is 0 Å². The third kappa shape index (κ3) is 1.45. The quantitative estimate of drug-likeness (QED) is 0.738. The highest BCUT2D eigenvalue weighted by molar-refractivity contribution is 5.91. The average molecular weight is 190 g/mol. The van der Waals surface area contributed by atoms with Gasteiger partial charge in [-0.25, -0.2) is 4.99 Å². The summed E-state index contributed by atoms with van der Waals surface area (Å²) in [5.74, 6) is 0. The maximum absolute atomic E-state index is 5.65. The summed E-state index contributed by atoms with van der Waals surface area (Å²) in [6, 6.07) is 8.78. The van der Waals surface area contributed by atoms with E-state index in [1.165, 1.54) is 5.56 Å². The number of aliphatic imine (C=N–C) groups is 1. The minimum Gasteiger partial charge on any atom is -0.457 e. The second kappa shape index (κ2) is 3.70. The molecule has 74 valence electrons. The molecule has 0 bridgehead atoms. The molecule has 0 radical (unpaired) electrons. The molecule has 0 spiro atoms. The van der Waals surface area contributed by atoms with Crippen molar-refractivity contribution in [3.05, 3.63) is 29.8 Å². The van der Waals surface area contributed by atoms with Gasteiger partial charge >= 0.3 is 0 Å². The van der Waals surface area contributed by atoms with Gasteiger partial charge < -0.3 is 10.1 Å². The number of anilines is 1. The lowest BCUT2D eigenvalue weighted by molar-refractivity contribution is 0.181. The molecule has 1 aromatic rings. The number of hydrogen-bond donors (Lipinski definition) is 1. The van der Waals surface area contributed by atoms with Crippen LogP contribution in [0.25, 0.3) is 0 Å². The summed E-state index contributed by atoms with van der Waals surface area (Å²) in [5.41, 5.74) is 2.31. The van der Waals surface area contributed by atoms with Crippen molar-refractivity contribution in [2.45, 2.75) is 19.4 Å². The summed E-state index contributed by atoms with van der Waals surface area (Å²) in [4.78, 5) is 4.03. The van der Waals surface area contributed by atoms with E-state index < -0.39 is 0 Å². The number of ether oxygens (including phenoxy) is 1. The second-order valence-corrected chi connectivity index (χ2v) is 3.26. The highest BCUT2D eigenvalue weighted by Crippen LogP contribution is 2.32. The van der Waals surface area contributed by atoms with E-state index in [2.05, 4.69) is 23.3 Å². The lowest BCUT2D eigenvalue weighted by atomic mass is 10.0. The van der Waals surface area contributed by atoms with Crippen molar-refractivity contribution in [1.82, 2.24) is 0 Å². The Balaban J connectivity index is 2.40. The molecule has 1 aliphatic rings. The summed E-state index contributed by atoms with van der Waals surface area (Å²) in [6.45, 7) is 2.11. The van der Waals surface area contributed by atoms with Crippen molar-refractivity contribution < 1.29 is 4.74 Å². The zero-order valence-electron chi connectivity index (χ0n) is 8.45. The van der Waals surface area contributed by atoms with Gasteiger partial charge in [-0.15, -0.1) is 0 Å². The first-order chi connectivity index (χ1) is 6.85. The molecule has 1 aliphatic heterocycles. The van der Waals surface area contributed by atoms with Crippen LogP contribution in [-0.4, -0.2) is 13.1 Å². The Morgan fingerprint density at radius 3 is 2.93 bits per heavy atom. The first-order valence-corrected chi connectivity index (χ1v) is 4.84. The summed E-state index contributed by atoms with van der Waals surface area (Å²) >= 11 is 0. The number of nitrogens with one attached hydrogen (secondary N) is 1. The predicted molar refractivity (Wildman–Crippen MR) is 57.5 cm³/mol. The Bertz CT molecular complexity index is 360. The number of hydrogen-bond acceptors (Lipinski definition) is 2. The van der Waals surface area contributed by atoms with Gasteiger partial charge in [-0.1, -0.05) is 25.1 Å². The Hall–Kier alpha value is -1.51. The average Bonchev–Trinajstić information content (AvgIpc) is 2.27.